The monoisotopic (exact) mass is 273 g/mol. The molecule has 0 aliphatic carbocycles. The molecule has 0 spiro atoms. The minimum atomic E-state index is -4.35. The highest BCUT2D eigenvalue weighted by atomic mass is 19.4. The molecule has 0 radical (unpaired) electrons. The van der Waals surface area contributed by atoms with Crippen molar-refractivity contribution in [2.45, 2.75) is 13.1 Å². The second-order valence-corrected chi connectivity index (χ2v) is 4.87. The summed E-state index contributed by atoms with van der Waals surface area (Å²) in [7, 11) is 0. The highest BCUT2D eigenvalue weighted by molar-refractivity contribution is 5.72. The fraction of sp³-hybridized carbons (Fsp3) is 0.462. The van der Waals surface area contributed by atoms with Gasteiger partial charge in [0.25, 0.3) is 0 Å². The first kappa shape index (κ1) is 13.7. The predicted molar refractivity (Wildman–Crippen MR) is 63.9 cm³/mol. The number of anilines is 1. The van der Waals surface area contributed by atoms with E-state index in [0.717, 1.165) is 12.1 Å². The zero-order chi connectivity index (χ0) is 14.2. The van der Waals surface area contributed by atoms with Crippen LogP contribution < -0.4 is 4.90 Å². The minimum absolute atomic E-state index is 0.0141. The number of carboxylic acids is 1. The second kappa shape index (κ2) is 4.75. The van der Waals surface area contributed by atoms with E-state index >= 15 is 0 Å². The van der Waals surface area contributed by atoms with Crippen molar-refractivity contribution in [3.63, 3.8) is 0 Å². The summed E-state index contributed by atoms with van der Waals surface area (Å²) in [5, 5.41) is 9.02. The first-order valence-corrected chi connectivity index (χ1v) is 5.94. The van der Waals surface area contributed by atoms with Crippen molar-refractivity contribution in [3.8, 4) is 0 Å². The van der Waals surface area contributed by atoms with Crippen molar-refractivity contribution in [2.24, 2.45) is 11.8 Å². The Morgan fingerprint density at radius 3 is 2.26 bits per heavy atom. The number of halogens is 3. The molecule has 1 N–H and O–H groups in total. The third-order valence-electron chi connectivity index (χ3n) is 3.49. The van der Waals surface area contributed by atoms with Crippen molar-refractivity contribution in [2.75, 3.05) is 18.0 Å². The molecule has 0 amide bonds. The molecule has 1 saturated heterocycles. The van der Waals surface area contributed by atoms with Gasteiger partial charge in [-0.15, -0.1) is 0 Å². The van der Waals surface area contributed by atoms with E-state index in [2.05, 4.69) is 0 Å². The number of nitrogens with zero attached hydrogens (tertiary/aromatic N) is 1. The number of benzene rings is 1. The summed E-state index contributed by atoms with van der Waals surface area (Å²) in [6, 6.07) is 4.82. The van der Waals surface area contributed by atoms with Gasteiger partial charge in [-0.25, -0.2) is 0 Å². The molecule has 2 atom stereocenters. The molecule has 0 bridgehead atoms. The molecule has 0 saturated carbocycles. The number of rotatable bonds is 2. The molecule has 104 valence electrons. The summed E-state index contributed by atoms with van der Waals surface area (Å²) in [6.07, 6.45) is -4.35. The Labute approximate surface area is 108 Å². The molecule has 19 heavy (non-hydrogen) atoms. The smallest absolute Gasteiger partial charge is 0.416 e. The van der Waals surface area contributed by atoms with Gasteiger partial charge in [0, 0.05) is 18.8 Å². The quantitative estimate of drug-likeness (QED) is 0.900. The molecule has 1 fully saturated rings. The molecule has 3 nitrogen and oxygen atoms in total. The Bertz CT molecular complexity index is 470. The van der Waals surface area contributed by atoms with Crippen LogP contribution in [0.15, 0.2) is 24.3 Å². The molecule has 1 heterocycles. The lowest BCUT2D eigenvalue weighted by atomic mass is 9.99. The molecule has 6 heteroatoms. The van der Waals surface area contributed by atoms with Crippen molar-refractivity contribution < 1.29 is 23.1 Å². The number of carboxylic acid groups (broad SMARTS) is 1. The number of hydrogen-bond acceptors (Lipinski definition) is 2. The first-order chi connectivity index (χ1) is 8.79. The zero-order valence-electron chi connectivity index (χ0n) is 10.3. The van der Waals surface area contributed by atoms with Crippen LogP contribution in [-0.2, 0) is 11.0 Å². The van der Waals surface area contributed by atoms with Crippen LogP contribution in [0.4, 0.5) is 18.9 Å². The van der Waals surface area contributed by atoms with Crippen LogP contribution in [0.1, 0.15) is 12.5 Å². The SMILES string of the molecule is CC1CN(c2ccc(C(F)(F)F)cc2)CC1C(=O)O. The highest BCUT2D eigenvalue weighted by Gasteiger charge is 2.35. The van der Waals surface area contributed by atoms with E-state index in [1.165, 1.54) is 12.1 Å². The molecule has 1 aromatic rings. The molecule has 2 rings (SSSR count). The Kier molecular flexibility index (Phi) is 3.43. The van der Waals surface area contributed by atoms with Crippen LogP contribution in [-0.4, -0.2) is 24.2 Å². The Morgan fingerprint density at radius 2 is 1.84 bits per heavy atom. The third kappa shape index (κ3) is 2.83. The average Bonchev–Trinajstić information content (AvgIpc) is 2.70. The lowest BCUT2D eigenvalue weighted by Crippen LogP contribution is -2.23. The standard InChI is InChI=1S/C13H14F3NO2/c1-8-6-17(7-11(8)12(18)19)10-4-2-9(3-5-10)13(14,15)16/h2-5,8,11H,6-7H2,1H3,(H,18,19). The number of aliphatic carboxylic acids is 1. The minimum Gasteiger partial charge on any atom is -0.481 e. The van der Waals surface area contributed by atoms with E-state index in [0.29, 0.717) is 18.8 Å². The predicted octanol–water partition coefficient (Wildman–Crippen LogP) is 2.86. The molecule has 1 aliphatic rings. The topological polar surface area (TPSA) is 40.5 Å². The Balaban J connectivity index is 2.14. The second-order valence-electron chi connectivity index (χ2n) is 4.87. The maximum Gasteiger partial charge on any atom is 0.416 e. The zero-order valence-corrected chi connectivity index (χ0v) is 10.3. The van der Waals surface area contributed by atoms with Crippen LogP contribution in [0.2, 0.25) is 0 Å². The van der Waals surface area contributed by atoms with Crippen molar-refractivity contribution in [1.82, 2.24) is 0 Å². The van der Waals surface area contributed by atoms with Crippen LogP contribution in [0.5, 0.6) is 0 Å². The normalized spacial score (nSPS) is 23.7. The van der Waals surface area contributed by atoms with Gasteiger partial charge in [-0.1, -0.05) is 6.92 Å². The molecule has 2 unspecified atom stereocenters. The van der Waals surface area contributed by atoms with Gasteiger partial charge in [-0.3, -0.25) is 4.79 Å². The van der Waals surface area contributed by atoms with Gasteiger partial charge >= 0.3 is 12.1 Å². The van der Waals surface area contributed by atoms with Crippen LogP contribution in [0.3, 0.4) is 0 Å². The van der Waals surface area contributed by atoms with E-state index in [4.69, 9.17) is 5.11 Å². The van der Waals surface area contributed by atoms with E-state index in [9.17, 15) is 18.0 Å². The van der Waals surface area contributed by atoms with Crippen molar-refractivity contribution in [1.29, 1.82) is 0 Å². The van der Waals surface area contributed by atoms with E-state index in [1.807, 2.05) is 11.8 Å². The summed E-state index contributed by atoms with van der Waals surface area (Å²) in [4.78, 5) is 12.8. The molecule has 1 aliphatic heterocycles. The van der Waals surface area contributed by atoms with Gasteiger partial charge in [0.1, 0.15) is 0 Å². The summed E-state index contributed by atoms with van der Waals surface area (Å²) in [5.74, 6) is -1.34. The molecule has 1 aromatic carbocycles. The van der Waals surface area contributed by atoms with Crippen LogP contribution >= 0.6 is 0 Å². The maximum atomic E-state index is 12.4. The lowest BCUT2D eigenvalue weighted by Gasteiger charge is -2.19. The molecule has 0 aromatic heterocycles. The van der Waals surface area contributed by atoms with E-state index < -0.39 is 23.6 Å². The summed E-state index contributed by atoms with van der Waals surface area (Å²) in [6.45, 7) is 2.72. The average molecular weight is 273 g/mol. The van der Waals surface area contributed by atoms with Crippen molar-refractivity contribution in [3.05, 3.63) is 29.8 Å². The number of hydrogen-bond donors (Lipinski definition) is 1. The largest absolute Gasteiger partial charge is 0.481 e. The van der Waals surface area contributed by atoms with Gasteiger partial charge in [-0.05, 0) is 30.2 Å². The first-order valence-electron chi connectivity index (χ1n) is 5.94. The van der Waals surface area contributed by atoms with Gasteiger partial charge in [0.2, 0.25) is 0 Å². The Morgan fingerprint density at radius 1 is 1.26 bits per heavy atom. The van der Waals surface area contributed by atoms with Gasteiger partial charge < -0.3 is 10.0 Å². The molecular formula is C13H14F3NO2. The summed E-state index contributed by atoms with van der Waals surface area (Å²) < 4.78 is 37.3. The van der Waals surface area contributed by atoms with Crippen LogP contribution in [0, 0.1) is 11.8 Å². The van der Waals surface area contributed by atoms with Gasteiger partial charge in [-0.2, -0.15) is 13.2 Å². The maximum absolute atomic E-state index is 12.4. The van der Waals surface area contributed by atoms with Crippen LogP contribution in [0.25, 0.3) is 0 Å². The summed E-state index contributed by atoms with van der Waals surface area (Å²) in [5.41, 5.74) is -0.0677. The highest BCUT2D eigenvalue weighted by Crippen LogP contribution is 2.32. The number of carbonyl (C=O) groups is 1. The molecular weight excluding hydrogens is 259 g/mol. The van der Waals surface area contributed by atoms with E-state index in [1.54, 1.807) is 0 Å². The fourth-order valence-electron chi connectivity index (χ4n) is 2.36. The number of alkyl halides is 3. The third-order valence-corrected chi connectivity index (χ3v) is 3.49. The van der Waals surface area contributed by atoms with Gasteiger partial charge in [0.15, 0.2) is 0 Å². The lowest BCUT2D eigenvalue weighted by molar-refractivity contribution is -0.142. The van der Waals surface area contributed by atoms with Gasteiger partial charge in [0.05, 0.1) is 11.5 Å². The van der Waals surface area contributed by atoms with Crippen molar-refractivity contribution >= 4 is 11.7 Å². The fourth-order valence-corrected chi connectivity index (χ4v) is 2.36. The van der Waals surface area contributed by atoms with E-state index in [-0.39, 0.29) is 5.92 Å². The summed E-state index contributed by atoms with van der Waals surface area (Å²) >= 11 is 0. The Hall–Kier alpha value is -1.72.